The summed E-state index contributed by atoms with van der Waals surface area (Å²) in [7, 11) is 0. The van der Waals surface area contributed by atoms with Gasteiger partial charge in [0.25, 0.3) is 0 Å². The Morgan fingerprint density at radius 1 is 0.769 bits per heavy atom. The maximum atomic E-state index is 12.7. The molecule has 26 heavy (non-hydrogen) atoms. The first-order valence-electron chi connectivity index (χ1n) is 8.46. The van der Waals surface area contributed by atoms with Crippen molar-refractivity contribution in [3.63, 3.8) is 0 Å². The minimum atomic E-state index is -0.318. The molecule has 0 aliphatic heterocycles. The maximum absolute atomic E-state index is 12.7. The van der Waals surface area contributed by atoms with Crippen LogP contribution in [0.15, 0.2) is 101 Å². The molecule has 3 rings (SSSR count). The lowest BCUT2D eigenvalue weighted by atomic mass is 10.2. The predicted octanol–water partition coefficient (Wildman–Crippen LogP) is 6.32. The highest BCUT2D eigenvalue weighted by atomic mass is 32.2. The van der Waals surface area contributed by atoms with Gasteiger partial charge in [0, 0.05) is 15.5 Å². The van der Waals surface area contributed by atoms with Gasteiger partial charge in [-0.05, 0) is 43.3 Å². The summed E-state index contributed by atoms with van der Waals surface area (Å²) in [5.74, 6) is 0.0190. The fourth-order valence-electron chi connectivity index (χ4n) is 2.59. The summed E-state index contributed by atoms with van der Waals surface area (Å²) in [4.78, 5) is 15.0. The Hall–Kier alpha value is -2.17. The van der Waals surface area contributed by atoms with E-state index in [1.54, 1.807) is 23.5 Å². The molecule has 2 nitrogen and oxygen atoms in total. The van der Waals surface area contributed by atoms with Crippen LogP contribution in [0.1, 0.15) is 13.3 Å². The van der Waals surface area contributed by atoms with E-state index >= 15 is 0 Å². The van der Waals surface area contributed by atoms with Gasteiger partial charge in [-0.3, -0.25) is 4.79 Å². The fraction of sp³-hybridized carbons (Fsp3) is 0.136. The van der Waals surface area contributed by atoms with Crippen LogP contribution in [0.2, 0.25) is 0 Å². The summed E-state index contributed by atoms with van der Waals surface area (Å²) in [6.07, 6.45) is 0.404. The molecule has 0 aromatic heterocycles. The second-order valence-electron chi connectivity index (χ2n) is 6.06. The monoisotopic (exact) mass is 379 g/mol. The molecule has 0 heterocycles. The van der Waals surface area contributed by atoms with Crippen LogP contribution in [0.25, 0.3) is 0 Å². The number of rotatable bonds is 7. The second-order valence-corrected chi connectivity index (χ2v) is 9.47. The molecular formula is C22H21NOS2. The van der Waals surface area contributed by atoms with Gasteiger partial charge in [0.05, 0.1) is 10.5 Å². The predicted molar refractivity (Wildman–Crippen MR) is 113 cm³/mol. The molecule has 0 radical (unpaired) electrons. The zero-order chi connectivity index (χ0) is 18.2. The number of amides is 1. The van der Waals surface area contributed by atoms with Crippen molar-refractivity contribution >= 4 is 35.1 Å². The third-order valence-corrected chi connectivity index (χ3v) is 6.36. The number of anilines is 1. The van der Waals surface area contributed by atoms with Gasteiger partial charge in [0.2, 0.25) is 5.91 Å². The molecular weight excluding hydrogens is 358 g/mol. The molecule has 3 aromatic carbocycles. The molecule has 0 spiro atoms. The SMILES string of the molecule is CC(CC(=O)Nc1ccccc1)(Sc1ccccc1)Sc1ccccc1. The highest BCUT2D eigenvalue weighted by Gasteiger charge is 2.30. The van der Waals surface area contributed by atoms with E-state index < -0.39 is 0 Å². The number of hydrogen-bond donors (Lipinski definition) is 1. The molecule has 0 aliphatic rings. The van der Waals surface area contributed by atoms with Gasteiger partial charge in [0.1, 0.15) is 0 Å². The van der Waals surface area contributed by atoms with Gasteiger partial charge < -0.3 is 5.32 Å². The number of benzene rings is 3. The molecule has 0 saturated heterocycles. The Kier molecular flexibility index (Phi) is 6.42. The summed E-state index contributed by atoms with van der Waals surface area (Å²) in [6, 6.07) is 30.1. The Morgan fingerprint density at radius 3 is 1.65 bits per heavy atom. The number of carbonyl (C=O) groups is 1. The molecule has 3 aromatic rings. The molecule has 0 atom stereocenters. The van der Waals surface area contributed by atoms with Crippen LogP contribution in [0.3, 0.4) is 0 Å². The number of para-hydroxylation sites is 1. The Labute approximate surface area is 163 Å². The molecule has 1 amide bonds. The molecule has 0 fully saturated rings. The Morgan fingerprint density at radius 2 is 1.19 bits per heavy atom. The summed E-state index contributed by atoms with van der Waals surface area (Å²) in [5, 5.41) is 3.00. The van der Waals surface area contributed by atoms with Crippen LogP contribution in [0, 0.1) is 0 Å². The van der Waals surface area contributed by atoms with E-state index in [-0.39, 0.29) is 9.99 Å². The van der Waals surface area contributed by atoms with Crippen molar-refractivity contribution in [1.29, 1.82) is 0 Å². The van der Waals surface area contributed by atoms with Crippen LogP contribution in [0.4, 0.5) is 5.69 Å². The van der Waals surface area contributed by atoms with Crippen molar-refractivity contribution in [3.8, 4) is 0 Å². The second kappa shape index (κ2) is 8.97. The fourth-order valence-corrected chi connectivity index (χ4v) is 5.32. The third kappa shape index (κ3) is 5.68. The largest absolute Gasteiger partial charge is 0.326 e. The van der Waals surface area contributed by atoms with Crippen molar-refractivity contribution in [1.82, 2.24) is 0 Å². The van der Waals surface area contributed by atoms with E-state index in [0.29, 0.717) is 6.42 Å². The van der Waals surface area contributed by atoms with E-state index in [1.807, 2.05) is 66.7 Å². The minimum Gasteiger partial charge on any atom is -0.326 e. The third-order valence-electron chi connectivity index (χ3n) is 3.69. The number of nitrogens with one attached hydrogen (secondary N) is 1. The quantitative estimate of drug-likeness (QED) is 0.385. The first kappa shape index (κ1) is 18.6. The van der Waals surface area contributed by atoms with Crippen molar-refractivity contribution in [2.45, 2.75) is 27.2 Å². The highest BCUT2D eigenvalue weighted by molar-refractivity contribution is 8.18. The van der Waals surface area contributed by atoms with Crippen LogP contribution >= 0.6 is 23.5 Å². The smallest absolute Gasteiger partial charge is 0.226 e. The van der Waals surface area contributed by atoms with Crippen LogP contribution in [-0.4, -0.2) is 9.99 Å². The topological polar surface area (TPSA) is 29.1 Å². The summed E-state index contributed by atoms with van der Waals surface area (Å²) < 4.78 is -0.318. The molecule has 0 bridgehead atoms. The van der Waals surface area contributed by atoms with Crippen molar-refractivity contribution in [3.05, 3.63) is 91.0 Å². The Bertz CT molecular complexity index is 781. The normalized spacial score (nSPS) is 11.1. The lowest BCUT2D eigenvalue weighted by Gasteiger charge is -2.28. The average molecular weight is 380 g/mol. The molecule has 0 aliphatic carbocycles. The number of hydrogen-bond acceptors (Lipinski definition) is 3. The van der Waals surface area contributed by atoms with Crippen molar-refractivity contribution in [2.24, 2.45) is 0 Å². The lowest BCUT2D eigenvalue weighted by molar-refractivity contribution is -0.116. The van der Waals surface area contributed by atoms with Gasteiger partial charge >= 0.3 is 0 Å². The zero-order valence-corrected chi connectivity index (χ0v) is 16.2. The molecule has 0 saturated carbocycles. The molecule has 0 unspecified atom stereocenters. The number of thioether (sulfide) groups is 2. The van der Waals surface area contributed by atoms with Gasteiger partial charge in [-0.25, -0.2) is 0 Å². The van der Waals surface area contributed by atoms with Gasteiger partial charge in [-0.15, -0.1) is 23.5 Å². The van der Waals surface area contributed by atoms with Crippen LogP contribution in [-0.2, 0) is 4.79 Å². The van der Waals surface area contributed by atoms with Gasteiger partial charge in [-0.1, -0.05) is 54.6 Å². The first-order valence-corrected chi connectivity index (χ1v) is 10.1. The van der Waals surface area contributed by atoms with E-state index in [1.165, 1.54) is 0 Å². The molecule has 1 N–H and O–H groups in total. The highest BCUT2D eigenvalue weighted by Crippen LogP contribution is 2.47. The maximum Gasteiger partial charge on any atom is 0.226 e. The van der Waals surface area contributed by atoms with E-state index in [9.17, 15) is 4.79 Å². The standard InChI is InChI=1S/C22H21NOS2/c1-22(25-19-13-7-3-8-14-19,26-20-15-9-4-10-16-20)17-21(24)23-18-11-5-2-6-12-18/h2-16H,17H2,1H3,(H,23,24). The molecule has 132 valence electrons. The average Bonchev–Trinajstić information content (AvgIpc) is 2.63. The van der Waals surface area contributed by atoms with Crippen molar-refractivity contribution < 1.29 is 4.79 Å². The molecule has 4 heteroatoms. The Balaban J connectivity index is 1.76. The number of carbonyl (C=O) groups excluding carboxylic acids is 1. The van der Waals surface area contributed by atoms with E-state index in [4.69, 9.17) is 0 Å². The van der Waals surface area contributed by atoms with Crippen LogP contribution in [0.5, 0.6) is 0 Å². The van der Waals surface area contributed by atoms with Crippen molar-refractivity contribution in [2.75, 3.05) is 5.32 Å². The minimum absolute atomic E-state index is 0.0190. The van der Waals surface area contributed by atoms with Gasteiger partial charge in [0.15, 0.2) is 0 Å². The van der Waals surface area contributed by atoms with E-state index in [0.717, 1.165) is 15.5 Å². The first-order chi connectivity index (χ1) is 12.6. The zero-order valence-electron chi connectivity index (χ0n) is 14.6. The summed E-state index contributed by atoms with van der Waals surface area (Å²) in [6.45, 7) is 2.13. The summed E-state index contributed by atoms with van der Waals surface area (Å²) >= 11 is 3.45. The van der Waals surface area contributed by atoms with Gasteiger partial charge in [-0.2, -0.15) is 0 Å². The van der Waals surface area contributed by atoms with E-state index in [2.05, 4.69) is 36.5 Å². The summed E-state index contributed by atoms with van der Waals surface area (Å²) in [5.41, 5.74) is 0.828. The lowest BCUT2D eigenvalue weighted by Crippen LogP contribution is -2.24. The van der Waals surface area contributed by atoms with Crippen LogP contribution < -0.4 is 5.32 Å².